The Balaban J connectivity index is 1.68. The highest BCUT2D eigenvalue weighted by Gasteiger charge is 2.20. The van der Waals surface area contributed by atoms with E-state index in [9.17, 15) is 4.79 Å². The molecule has 0 radical (unpaired) electrons. The molecule has 0 amide bonds. The summed E-state index contributed by atoms with van der Waals surface area (Å²) in [5.41, 5.74) is 2.30. The second kappa shape index (κ2) is 7.17. The predicted molar refractivity (Wildman–Crippen MR) is 94.3 cm³/mol. The van der Waals surface area contributed by atoms with Crippen molar-refractivity contribution >= 4 is 11.7 Å². The maximum absolute atomic E-state index is 12.3. The lowest BCUT2D eigenvalue weighted by atomic mass is 10.2. The van der Waals surface area contributed by atoms with Crippen LogP contribution >= 0.6 is 0 Å². The van der Waals surface area contributed by atoms with Crippen LogP contribution in [0.1, 0.15) is 29.3 Å². The summed E-state index contributed by atoms with van der Waals surface area (Å²) in [4.78, 5) is 14.2. The highest BCUT2D eigenvalue weighted by molar-refractivity contribution is 5.90. The quantitative estimate of drug-likeness (QED) is 0.661. The highest BCUT2D eigenvalue weighted by Crippen LogP contribution is 2.23. The van der Waals surface area contributed by atoms with Crippen molar-refractivity contribution in [1.82, 2.24) is 10.2 Å². The molecule has 3 aromatic rings. The number of hydrogen-bond donors (Lipinski definition) is 0. The molecule has 3 rings (SSSR count). The first-order chi connectivity index (χ1) is 12.0. The van der Waals surface area contributed by atoms with Crippen molar-refractivity contribution in [2.24, 2.45) is 0 Å². The summed E-state index contributed by atoms with van der Waals surface area (Å²) >= 11 is 0. The van der Waals surface area contributed by atoms with E-state index in [1.165, 1.54) is 0 Å². The lowest BCUT2D eigenvalue weighted by Gasteiger charge is -2.13. The van der Waals surface area contributed by atoms with Gasteiger partial charge in [-0.1, -0.05) is 18.2 Å². The van der Waals surface area contributed by atoms with Gasteiger partial charge in [0.25, 0.3) is 5.89 Å². The fourth-order valence-electron chi connectivity index (χ4n) is 2.27. The van der Waals surface area contributed by atoms with Crippen LogP contribution in [0.3, 0.4) is 0 Å². The van der Waals surface area contributed by atoms with Crippen molar-refractivity contribution in [1.29, 1.82) is 0 Å². The van der Waals surface area contributed by atoms with Gasteiger partial charge < -0.3 is 14.1 Å². The van der Waals surface area contributed by atoms with Crippen molar-refractivity contribution < 1.29 is 13.9 Å². The molecule has 0 aliphatic heterocycles. The van der Waals surface area contributed by atoms with Gasteiger partial charge >= 0.3 is 5.97 Å². The second-order valence-electron chi connectivity index (χ2n) is 5.80. The van der Waals surface area contributed by atoms with Crippen molar-refractivity contribution in [2.75, 3.05) is 19.0 Å². The molecule has 2 aromatic carbocycles. The average molecular weight is 337 g/mol. The molecule has 0 bridgehead atoms. The molecule has 0 N–H and O–H groups in total. The van der Waals surface area contributed by atoms with Crippen molar-refractivity contribution in [2.45, 2.75) is 13.0 Å². The minimum atomic E-state index is -0.633. The number of nitrogens with zero attached hydrogens (tertiary/aromatic N) is 3. The molecule has 25 heavy (non-hydrogen) atoms. The van der Waals surface area contributed by atoms with Gasteiger partial charge in [-0.25, -0.2) is 4.79 Å². The smallest absolute Gasteiger partial charge is 0.338 e. The van der Waals surface area contributed by atoms with Gasteiger partial charge in [-0.05, 0) is 43.3 Å². The molecule has 0 spiro atoms. The van der Waals surface area contributed by atoms with Gasteiger partial charge in [0.2, 0.25) is 5.89 Å². The Morgan fingerprint density at radius 3 is 2.36 bits per heavy atom. The van der Waals surface area contributed by atoms with E-state index in [1.807, 2.05) is 61.5 Å². The van der Waals surface area contributed by atoms with Crippen LogP contribution < -0.4 is 4.90 Å². The van der Waals surface area contributed by atoms with Gasteiger partial charge in [-0.3, -0.25) is 0 Å². The molecule has 0 saturated carbocycles. The van der Waals surface area contributed by atoms with Crippen LogP contribution in [0.4, 0.5) is 5.69 Å². The largest absolute Gasteiger partial charge is 0.449 e. The highest BCUT2D eigenvalue weighted by atomic mass is 16.6. The zero-order valence-electron chi connectivity index (χ0n) is 14.3. The summed E-state index contributed by atoms with van der Waals surface area (Å²) in [6.07, 6.45) is -0.633. The first-order valence-corrected chi connectivity index (χ1v) is 7.92. The number of esters is 1. The van der Waals surface area contributed by atoms with E-state index in [-0.39, 0.29) is 5.89 Å². The maximum Gasteiger partial charge on any atom is 0.338 e. The molecule has 0 unspecified atom stereocenters. The number of anilines is 1. The van der Waals surface area contributed by atoms with Crippen LogP contribution in [-0.4, -0.2) is 30.3 Å². The lowest BCUT2D eigenvalue weighted by molar-refractivity contribution is 0.0280. The number of carbonyl (C=O) groups excluding carboxylic acids is 1. The lowest BCUT2D eigenvalue weighted by Crippen LogP contribution is -2.11. The van der Waals surface area contributed by atoms with E-state index in [0.29, 0.717) is 11.5 Å². The van der Waals surface area contributed by atoms with Gasteiger partial charge in [0, 0.05) is 25.3 Å². The number of carbonyl (C=O) groups is 1. The van der Waals surface area contributed by atoms with E-state index >= 15 is 0 Å². The topological polar surface area (TPSA) is 68.5 Å². The summed E-state index contributed by atoms with van der Waals surface area (Å²) in [6, 6.07) is 16.6. The van der Waals surface area contributed by atoms with Crippen molar-refractivity contribution in [3.8, 4) is 11.5 Å². The number of hydrogen-bond acceptors (Lipinski definition) is 6. The van der Waals surface area contributed by atoms with Crippen LogP contribution in [0.5, 0.6) is 0 Å². The van der Waals surface area contributed by atoms with Gasteiger partial charge in [0.15, 0.2) is 6.10 Å². The van der Waals surface area contributed by atoms with Crippen LogP contribution in [0.15, 0.2) is 59.0 Å². The minimum Gasteiger partial charge on any atom is -0.449 e. The third kappa shape index (κ3) is 3.85. The van der Waals surface area contributed by atoms with Crippen LogP contribution in [0.2, 0.25) is 0 Å². The van der Waals surface area contributed by atoms with E-state index in [1.54, 1.807) is 19.1 Å². The molecule has 6 nitrogen and oxygen atoms in total. The average Bonchev–Trinajstić information content (AvgIpc) is 3.13. The Bertz CT molecular complexity index is 842. The molecule has 128 valence electrons. The van der Waals surface area contributed by atoms with Crippen molar-refractivity contribution in [3.05, 3.63) is 66.1 Å². The number of benzene rings is 2. The Morgan fingerprint density at radius 1 is 1.04 bits per heavy atom. The van der Waals surface area contributed by atoms with Gasteiger partial charge in [0.1, 0.15) is 0 Å². The third-order valence-electron chi connectivity index (χ3n) is 3.71. The predicted octanol–water partition coefficient (Wildman–Crippen LogP) is 3.72. The molecule has 1 atom stereocenters. The van der Waals surface area contributed by atoms with E-state index in [2.05, 4.69) is 10.2 Å². The SMILES string of the molecule is C[C@@H](OC(=O)c1ccc(N(C)C)cc1)c1nnc(-c2ccccc2)o1. The zero-order chi connectivity index (χ0) is 17.8. The fourth-order valence-corrected chi connectivity index (χ4v) is 2.27. The molecule has 1 aromatic heterocycles. The molecule has 1 heterocycles. The molecule has 6 heteroatoms. The summed E-state index contributed by atoms with van der Waals surface area (Å²) in [7, 11) is 3.88. The number of ether oxygens (including phenoxy) is 1. The molecule has 0 fully saturated rings. The summed E-state index contributed by atoms with van der Waals surface area (Å²) in [5, 5.41) is 7.98. The Labute approximate surface area is 146 Å². The first-order valence-electron chi connectivity index (χ1n) is 7.92. The molecule has 0 aliphatic rings. The first kappa shape index (κ1) is 16.7. The monoisotopic (exact) mass is 337 g/mol. The van der Waals surface area contributed by atoms with Gasteiger partial charge in [-0.15, -0.1) is 10.2 Å². The molecular weight excluding hydrogens is 318 g/mol. The van der Waals surface area contributed by atoms with Crippen LogP contribution in [0, 0.1) is 0 Å². The van der Waals surface area contributed by atoms with Crippen LogP contribution in [-0.2, 0) is 4.74 Å². The number of aromatic nitrogens is 2. The summed E-state index contributed by atoms with van der Waals surface area (Å²) < 4.78 is 11.0. The Morgan fingerprint density at radius 2 is 1.72 bits per heavy atom. The zero-order valence-corrected chi connectivity index (χ0v) is 14.3. The minimum absolute atomic E-state index is 0.261. The Kier molecular flexibility index (Phi) is 4.79. The normalized spacial score (nSPS) is 11.8. The van der Waals surface area contributed by atoms with E-state index in [0.717, 1.165) is 11.3 Å². The summed E-state index contributed by atoms with van der Waals surface area (Å²) in [6.45, 7) is 1.70. The van der Waals surface area contributed by atoms with Crippen molar-refractivity contribution in [3.63, 3.8) is 0 Å². The molecule has 0 aliphatic carbocycles. The van der Waals surface area contributed by atoms with Gasteiger partial charge in [0.05, 0.1) is 5.56 Å². The number of rotatable bonds is 5. The second-order valence-corrected chi connectivity index (χ2v) is 5.80. The maximum atomic E-state index is 12.3. The molecular formula is C19H19N3O3. The van der Waals surface area contributed by atoms with Crippen LogP contribution in [0.25, 0.3) is 11.5 Å². The van der Waals surface area contributed by atoms with Gasteiger partial charge in [-0.2, -0.15) is 0 Å². The summed E-state index contributed by atoms with van der Waals surface area (Å²) in [5.74, 6) is 0.225. The fraction of sp³-hybridized carbons (Fsp3) is 0.211. The van der Waals surface area contributed by atoms with E-state index in [4.69, 9.17) is 9.15 Å². The third-order valence-corrected chi connectivity index (χ3v) is 3.71. The van der Waals surface area contributed by atoms with E-state index < -0.39 is 12.1 Å². The standard InChI is InChI=1S/C19H19N3O3/c1-13(17-20-21-18(25-17)14-7-5-4-6-8-14)24-19(23)15-9-11-16(12-10-15)22(2)3/h4-13H,1-3H3/t13-/m1/s1. The Hall–Kier alpha value is -3.15. The molecule has 0 saturated heterocycles.